The number of hydrogen-bond donors (Lipinski definition) is 0. The Bertz CT molecular complexity index is 519. The summed E-state index contributed by atoms with van der Waals surface area (Å²) in [6.07, 6.45) is 4.88. The first-order chi connectivity index (χ1) is 7.97. The molecule has 88 valence electrons. The lowest BCUT2D eigenvalue weighted by Crippen LogP contribution is -2.07. The van der Waals surface area contributed by atoms with Crippen LogP contribution in [0.15, 0.2) is 12.1 Å². The van der Waals surface area contributed by atoms with E-state index in [0.717, 1.165) is 12.1 Å². The van der Waals surface area contributed by atoms with E-state index in [1.165, 1.54) is 6.92 Å². The van der Waals surface area contributed by atoms with E-state index in [4.69, 9.17) is 6.42 Å². The molecule has 0 amide bonds. The van der Waals surface area contributed by atoms with Gasteiger partial charge in [0.15, 0.2) is 6.61 Å². The minimum Gasteiger partial charge on any atom is -0.449 e. The van der Waals surface area contributed by atoms with Crippen LogP contribution < -0.4 is 0 Å². The molecule has 0 fully saturated rings. The van der Waals surface area contributed by atoms with Crippen molar-refractivity contribution >= 4 is 11.7 Å². The summed E-state index contributed by atoms with van der Waals surface area (Å²) in [6.45, 7) is 0.978. The Kier molecular flexibility index (Phi) is 3.78. The molecule has 6 heteroatoms. The van der Waals surface area contributed by atoms with Crippen LogP contribution in [0, 0.1) is 35.2 Å². The Morgan fingerprint density at radius 1 is 1.65 bits per heavy atom. The van der Waals surface area contributed by atoms with Crippen molar-refractivity contribution in [1.29, 1.82) is 0 Å². The third kappa shape index (κ3) is 2.78. The zero-order valence-corrected chi connectivity index (χ0v) is 8.90. The van der Waals surface area contributed by atoms with Crippen LogP contribution in [0.2, 0.25) is 0 Å². The van der Waals surface area contributed by atoms with Gasteiger partial charge in [-0.3, -0.25) is 10.1 Å². The lowest BCUT2D eigenvalue weighted by Gasteiger charge is -2.04. The molecule has 1 aromatic rings. The molecule has 1 aromatic carbocycles. The average molecular weight is 237 g/mol. The summed E-state index contributed by atoms with van der Waals surface area (Å²) >= 11 is 0. The topological polar surface area (TPSA) is 69.4 Å². The lowest BCUT2D eigenvalue weighted by atomic mass is 10.1. The minimum atomic E-state index is -0.898. The van der Waals surface area contributed by atoms with Crippen LogP contribution in [-0.2, 0) is 4.74 Å². The number of carbonyl (C=O) groups excluding carboxylic acids is 1. The largest absolute Gasteiger partial charge is 0.449 e. The molecule has 1 rings (SSSR count). The minimum absolute atomic E-state index is 0.136. The number of carbonyl (C=O) groups is 1. The second-order valence-electron chi connectivity index (χ2n) is 3.14. The van der Waals surface area contributed by atoms with Gasteiger partial charge in [-0.2, -0.15) is 0 Å². The Morgan fingerprint density at radius 2 is 2.29 bits per heavy atom. The molecule has 17 heavy (non-hydrogen) atoms. The molecule has 0 aliphatic rings. The fourth-order valence-corrected chi connectivity index (χ4v) is 1.16. The number of terminal acetylenes is 1. The molecule has 0 aliphatic carbocycles. The zero-order chi connectivity index (χ0) is 13.0. The highest BCUT2D eigenvalue weighted by Gasteiger charge is 2.19. The molecule has 0 saturated carbocycles. The van der Waals surface area contributed by atoms with Crippen molar-refractivity contribution in [3.05, 3.63) is 39.2 Å². The van der Waals surface area contributed by atoms with E-state index in [1.807, 2.05) is 0 Å². The molecule has 0 unspecified atom stereocenters. The maximum atomic E-state index is 13.3. The summed E-state index contributed by atoms with van der Waals surface area (Å²) in [5.74, 6) is 0.322. The Morgan fingerprint density at radius 3 is 2.82 bits per heavy atom. The van der Waals surface area contributed by atoms with Gasteiger partial charge in [-0.15, -0.1) is 6.42 Å². The van der Waals surface area contributed by atoms with Gasteiger partial charge in [0.05, 0.1) is 16.1 Å². The number of nitro benzene ring substituents is 1. The van der Waals surface area contributed by atoms with Gasteiger partial charge in [0.25, 0.3) is 5.69 Å². The molecule has 5 nitrogen and oxygen atoms in total. The molecular formula is C11H8FNO4. The van der Waals surface area contributed by atoms with E-state index < -0.39 is 22.4 Å². The first kappa shape index (κ1) is 12.6. The molecule has 0 saturated heterocycles. The number of hydrogen-bond acceptors (Lipinski definition) is 4. The van der Waals surface area contributed by atoms with Crippen molar-refractivity contribution in [3.8, 4) is 12.3 Å². The summed E-state index contributed by atoms with van der Waals surface area (Å²) in [5.41, 5.74) is -0.851. The summed E-state index contributed by atoms with van der Waals surface area (Å²) in [7, 11) is 0. The quantitative estimate of drug-likeness (QED) is 0.348. The summed E-state index contributed by atoms with van der Waals surface area (Å²) in [6, 6.07) is 1.83. The van der Waals surface area contributed by atoms with Crippen molar-refractivity contribution in [2.75, 3.05) is 6.61 Å². The Hall–Kier alpha value is -2.42. The molecule has 0 N–H and O–H groups in total. The van der Waals surface area contributed by atoms with Gasteiger partial charge < -0.3 is 4.74 Å². The number of ether oxygens (including phenoxy) is 1. The summed E-state index contributed by atoms with van der Waals surface area (Å²) < 4.78 is 17.9. The van der Waals surface area contributed by atoms with Crippen molar-refractivity contribution in [2.24, 2.45) is 0 Å². The molecule has 0 spiro atoms. The van der Waals surface area contributed by atoms with E-state index in [1.54, 1.807) is 0 Å². The van der Waals surface area contributed by atoms with Crippen molar-refractivity contribution in [3.63, 3.8) is 0 Å². The van der Waals surface area contributed by atoms with Gasteiger partial charge in [0, 0.05) is 6.07 Å². The lowest BCUT2D eigenvalue weighted by molar-refractivity contribution is -0.385. The van der Waals surface area contributed by atoms with E-state index in [0.29, 0.717) is 0 Å². The van der Waals surface area contributed by atoms with Crippen LogP contribution in [0.25, 0.3) is 0 Å². The highest BCUT2D eigenvalue weighted by Crippen LogP contribution is 2.23. The second-order valence-corrected chi connectivity index (χ2v) is 3.14. The maximum Gasteiger partial charge on any atom is 0.339 e. The van der Waals surface area contributed by atoms with E-state index in [9.17, 15) is 19.3 Å². The highest BCUT2D eigenvalue weighted by atomic mass is 19.1. The van der Waals surface area contributed by atoms with Crippen molar-refractivity contribution in [2.45, 2.75) is 6.92 Å². The first-order valence-electron chi connectivity index (χ1n) is 4.52. The van der Waals surface area contributed by atoms with E-state index >= 15 is 0 Å². The fourth-order valence-electron chi connectivity index (χ4n) is 1.16. The third-order valence-electron chi connectivity index (χ3n) is 2.04. The van der Waals surface area contributed by atoms with Crippen molar-refractivity contribution in [1.82, 2.24) is 0 Å². The number of benzene rings is 1. The molecular weight excluding hydrogens is 229 g/mol. The average Bonchev–Trinajstić information content (AvgIpc) is 2.28. The first-order valence-corrected chi connectivity index (χ1v) is 4.52. The van der Waals surface area contributed by atoms with Crippen molar-refractivity contribution < 1.29 is 18.8 Å². The van der Waals surface area contributed by atoms with Crippen LogP contribution in [0.5, 0.6) is 0 Å². The molecule has 0 aliphatic heterocycles. The predicted octanol–water partition coefficient (Wildman–Crippen LogP) is 1.83. The third-order valence-corrected chi connectivity index (χ3v) is 2.04. The molecule has 0 radical (unpaired) electrons. The van der Waals surface area contributed by atoms with E-state index in [-0.39, 0.29) is 17.7 Å². The normalized spacial score (nSPS) is 9.47. The predicted molar refractivity (Wildman–Crippen MR) is 56.9 cm³/mol. The molecule has 0 aromatic heterocycles. The van der Waals surface area contributed by atoms with Gasteiger partial charge in [-0.05, 0) is 13.0 Å². The monoisotopic (exact) mass is 237 g/mol. The number of esters is 1. The Balaban J connectivity index is 3.15. The molecule has 0 heterocycles. The SMILES string of the molecule is C#CCOC(=O)c1cc(F)c(C)c([N+](=O)[O-])c1. The standard InChI is InChI=1S/C11H8FNO4/c1-3-4-17-11(14)8-5-9(12)7(2)10(6-8)13(15)16/h1,5-6H,4H2,2H3. The highest BCUT2D eigenvalue weighted by molar-refractivity contribution is 5.90. The van der Waals surface area contributed by atoms with Gasteiger partial charge >= 0.3 is 5.97 Å². The van der Waals surface area contributed by atoms with Crippen LogP contribution in [0.4, 0.5) is 10.1 Å². The number of nitro groups is 1. The Labute approximate surface area is 96.3 Å². The summed E-state index contributed by atoms with van der Waals surface area (Å²) in [4.78, 5) is 21.2. The smallest absolute Gasteiger partial charge is 0.339 e. The second kappa shape index (κ2) is 5.07. The van der Waals surface area contributed by atoms with Crippen LogP contribution in [-0.4, -0.2) is 17.5 Å². The summed E-state index contributed by atoms with van der Waals surface area (Å²) in [5, 5.41) is 10.6. The van der Waals surface area contributed by atoms with Gasteiger partial charge in [0.1, 0.15) is 5.82 Å². The zero-order valence-electron chi connectivity index (χ0n) is 8.90. The van der Waals surface area contributed by atoms with Gasteiger partial charge in [-0.25, -0.2) is 9.18 Å². The number of halogens is 1. The van der Waals surface area contributed by atoms with Crippen LogP contribution in [0.1, 0.15) is 15.9 Å². The van der Waals surface area contributed by atoms with Gasteiger partial charge in [0.2, 0.25) is 0 Å². The molecule has 0 atom stereocenters. The fraction of sp³-hybridized carbons (Fsp3) is 0.182. The number of nitrogens with zero attached hydrogens (tertiary/aromatic N) is 1. The number of rotatable bonds is 3. The van der Waals surface area contributed by atoms with Crippen LogP contribution >= 0.6 is 0 Å². The van der Waals surface area contributed by atoms with Crippen LogP contribution in [0.3, 0.4) is 0 Å². The maximum absolute atomic E-state index is 13.3. The molecule has 0 bridgehead atoms. The van der Waals surface area contributed by atoms with Gasteiger partial charge in [-0.1, -0.05) is 5.92 Å². The van der Waals surface area contributed by atoms with E-state index in [2.05, 4.69) is 10.7 Å².